The molecule has 1 heteroatoms. The maximum Gasteiger partial charge on any atom is 0.0568 e. The molecule has 0 aromatic rings. The van der Waals surface area contributed by atoms with Crippen molar-refractivity contribution in [2.75, 3.05) is 6.61 Å². The van der Waals surface area contributed by atoms with E-state index in [2.05, 4.69) is 25.7 Å². The Labute approximate surface area is 133 Å². The normalized spacial score (nSPS) is 12.0. The topological polar surface area (TPSA) is 20.2 Å². The van der Waals surface area contributed by atoms with Crippen LogP contribution >= 0.6 is 0 Å². The van der Waals surface area contributed by atoms with Crippen molar-refractivity contribution < 1.29 is 5.11 Å². The lowest BCUT2D eigenvalue weighted by molar-refractivity contribution is 0.248. The van der Waals surface area contributed by atoms with Crippen LogP contribution in [-0.4, -0.2) is 11.7 Å². The molecule has 0 radical (unpaired) electrons. The number of unbranched alkanes of at least 4 members (excludes halogenated alkanes) is 11. The van der Waals surface area contributed by atoms with Crippen molar-refractivity contribution in [3.05, 3.63) is 0 Å². The zero-order chi connectivity index (χ0) is 15.6. The van der Waals surface area contributed by atoms with Gasteiger partial charge in [0.25, 0.3) is 0 Å². The van der Waals surface area contributed by atoms with Crippen LogP contribution in [-0.2, 0) is 0 Å². The lowest BCUT2D eigenvalue weighted by atomic mass is 10.0. The Morgan fingerprint density at radius 2 is 1.24 bits per heavy atom. The number of rotatable bonds is 14. The van der Waals surface area contributed by atoms with E-state index in [1.54, 1.807) is 0 Å². The van der Waals surface area contributed by atoms with Gasteiger partial charge in [-0.3, -0.25) is 0 Å². The first kappa shape index (κ1) is 20.5. The molecule has 1 N–H and O–H groups in total. The highest BCUT2D eigenvalue weighted by atomic mass is 16.3. The lowest BCUT2D eigenvalue weighted by Gasteiger charge is -2.06. The van der Waals surface area contributed by atoms with Crippen LogP contribution in [0.5, 0.6) is 0 Å². The molecule has 0 rings (SSSR count). The summed E-state index contributed by atoms with van der Waals surface area (Å²) in [5.74, 6) is 6.77. The monoisotopic (exact) mass is 294 g/mol. The summed E-state index contributed by atoms with van der Waals surface area (Å²) in [6.45, 7) is 4.74. The quantitative estimate of drug-likeness (QED) is 0.303. The summed E-state index contributed by atoms with van der Waals surface area (Å²) in [5.41, 5.74) is 0. The fraction of sp³-hybridized carbons (Fsp3) is 0.900. The highest BCUT2D eigenvalue weighted by Gasteiger charge is 2.02. The predicted octanol–water partition coefficient (Wildman–Crippen LogP) is 6.10. The van der Waals surface area contributed by atoms with Gasteiger partial charge in [-0.25, -0.2) is 0 Å². The number of hydrogen-bond acceptors (Lipinski definition) is 1. The maximum absolute atomic E-state index is 9.36. The number of aliphatic hydroxyl groups excluding tert-OH is 1. The van der Waals surface area contributed by atoms with Gasteiger partial charge in [-0.15, -0.1) is 5.92 Å². The third kappa shape index (κ3) is 15.7. The summed E-state index contributed by atoms with van der Waals surface area (Å²) >= 11 is 0. The van der Waals surface area contributed by atoms with E-state index in [1.807, 2.05) is 0 Å². The van der Waals surface area contributed by atoms with Crippen LogP contribution in [0.2, 0.25) is 0 Å². The highest BCUT2D eigenvalue weighted by Crippen LogP contribution is 2.12. The Balaban J connectivity index is 3.49. The average Bonchev–Trinajstić information content (AvgIpc) is 2.51. The molecule has 0 saturated carbocycles. The molecule has 0 saturated heterocycles. The predicted molar refractivity (Wildman–Crippen MR) is 94.3 cm³/mol. The first-order valence-corrected chi connectivity index (χ1v) is 9.44. The van der Waals surface area contributed by atoms with E-state index in [0.717, 1.165) is 12.8 Å². The first-order valence-electron chi connectivity index (χ1n) is 9.44. The second-order valence-corrected chi connectivity index (χ2v) is 6.27. The van der Waals surface area contributed by atoms with Gasteiger partial charge in [0.2, 0.25) is 0 Å². The minimum Gasteiger partial charge on any atom is -0.395 e. The fourth-order valence-electron chi connectivity index (χ4n) is 2.59. The van der Waals surface area contributed by atoms with Crippen LogP contribution in [0.3, 0.4) is 0 Å². The summed E-state index contributed by atoms with van der Waals surface area (Å²) in [7, 11) is 0. The van der Waals surface area contributed by atoms with Gasteiger partial charge in [0.15, 0.2) is 0 Å². The van der Waals surface area contributed by atoms with Crippen molar-refractivity contribution in [3.63, 3.8) is 0 Å². The van der Waals surface area contributed by atoms with E-state index in [9.17, 15) is 5.11 Å². The molecule has 21 heavy (non-hydrogen) atoms. The first-order chi connectivity index (χ1) is 10.3. The Morgan fingerprint density at radius 1 is 0.714 bits per heavy atom. The van der Waals surface area contributed by atoms with Gasteiger partial charge in [0.05, 0.1) is 6.61 Å². The molecule has 124 valence electrons. The maximum atomic E-state index is 9.36. The van der Waals surface area contributed by atoms with Crippen molar-refractivity contribution >= 4 is 0 Å². The third-order valence-electron chi connectivity index (χ3n) is 4.09. The molecule has 0 heterocycles. The smallest absolute Gasteiger partial charge is 0.0568 e. The summed E-state index contributed by atoms with van der Waals surface area (Å²) in [6, 6.07) is 0. The molecule has 0 amide bonds. The molecule has 0 spiro atoms. The zero-order valence-corrected chi connectivity index (χ0v) is 14.6. The minimum absolute atomic E-state index is 0.219. The minimum atomic E-state index is 0.219. The van der Waals surface area contributed by atoms with Crippen LogP contribution in [0.1, 0.15) is 104 Å². The lowest BCUT2D eigenvalue weighted by Crippen LogP contribution is -2.03. The summed E-state index contributed by atoms with van der Waals surface area (Å²) in [6.07, 6.45) is 18.0. The zero-order valence-electron chi connectivity index (χ0n) is 14.6. The standard InChI is InChI=1S/C20H38O/c1-3-5-7-9-11-12-14-16-18-20(19-21)17-15-13-10-8-6-4-2/h20-21H,3-15,17,19H2,1-2H3. The van der Waals surface area contributed by atoms with E-state index in [4.69, 9.17) is 0 Å². The summed E-state index contributed by atoms with van der Waals surface area (Å²) in [5, 5.41) is 9.36. The summed E-state index contributed by atoms with van der Waals surface area (Å²) < 4.78 is 0. The van der Waals surface area contributed by atoms with Crippen LogP contribution in [0.15, 0.2) is 0 Å². The van der Waals surface area contributed by atoms with E-state index in [1.165, 1.54) is 77.0 Å². The molecular formula is C20H38O. The van der Waals surface area contributed by atoms with Crippen molar-refractivity contribution in [2.45, 2.75) is 104 Å². The van der Waals surface area contributed by atoms with Crippen LogP contribution < -0.4 is 0 Å². The van der Waals surface area contributed by atoms with Crippen molar-refractivity contribution in [3.8, 4) is 11.8 Å². The van der Waals surface area contributed by atoms with E-state index in [-0.39, 0.29) is 12.5 Å². The van der Waals surface area contributed by atoms with Gasteiger partial charge in [-0.2, -0.15) is 0 Å². The average molecular weight is 295 g/mol. The molecule has 0 aliphatic rings. The Morgan fingerprint density at radius 3 is 1.81 bits per heavy atom. The van der Waals surface area contributed by atoms with E-state index < -0.39 is 0 Å². The largest absolute Gasteiger partial charge is 0.395 e. The van der Waals surface area contributed by atoms with Gasteiger partial charge in [0.1, 0.15) is 0 Å². The van der Waals surface area contributed by atoms with Gasteiger partial charge in [-0.05, 0) is 12.8 Å². The SMILES string of the molecule is CCCCCCCCC#CC(CO)CCCCCCCC. The molecule has 0 aliphatic heterocycles. The van der Waals surface area contributed by atoms with Crippen LogP contribution in [0.25, 0.3) is 0 Å². The summed E-state index contributed by atoms with van der Waals surface area (Å²) in [4.78, 5) is 0. The van der Waals surface area contributed by atoms with Crippen LogP contribution in [0, 0.1) is 17.8 Å². The van der Waals surface area contributed by atoms with Crippen molar-refractivity contribution in [1.29, 1.82) is 0 Å². The Hall–Kier alpha value is -0.480. The fourth-order valence-corrected chi connectivity index (χ4v) is 2.59. The van der Waals surface area contributed by atoms with E-state index >= 15 is 0 Å². The number of hydrogen-bond donors (Lipinski definition) is 1. The molecular weight excluding hydrogens is 256 g/mol. The molecule has 1 nitrogen and oxygen atoms in total. The Bertz CT molecular complexity index is 248. The van der Waals surface area contributed by atoms with E-state index in [0.29, 0.717) is 0 Å². The molecule has 0 aromatic heterocycles. The molecule has 0 fully saturated rings. The molecule has 0 aromatic carbocycles. The second kappa shape index (κ2) is 17.6. The number of aliphatic hydroxyl groups is 1. The van der Waals surface area contributed by atoms with Gasteiger partial charge >= 0.3 is 0 Å². The van der Waals surface area contributed by atoms with Crippen molar-refractivity contribution in [2.24, 2.45) is 5.92 Å². The third-order valence-corrected chi connectivity index (χ3v) is 4.09. The molecule has 1 atom stereocenters. The van der Waals surface area contributed by atoms with Gasteiger partial charge in [0, 0.05) is 12.3 Å². The van der Waals surface area contributed by atoms with Gasteiger partial charge in [-0.1, -0.05) is 90.4 Å². The van der Waals surface area contributed by atoms with Crippen LogP contribution in [0.4, 0.5) is 0 Å². The molecule has 1 unspecified atom stereocenters. The second-order valence-electron chi connectivity index (χ2n) is 6.27. The highest BCUT2D eigenvalue weighted by molar-refractivity contribution is 5.03. The molecule has 0 bridgehead atoms. The van der Waals surface area contributed by atoms with Gasteiger partial charge < -0.3 is 5.11 Å². The van der Waals surface area contributed by atoms with Crippen molar-refractivity contribution in [1.82, 2.24) is 0 Å². The Kier molecular flexibility index (Phi) is 17.2. The molecule has 0 aliphatic carbocycles.